The lowest BCUT2D eigenvalue weighted by Gasteiger charge is -2.00. The normalized spacial score (nSPS) is 10.7. The van der Waals surface area contributed by atoms with Crippen molar-refractivity contribution in [2.24, 2.45) is 0 Å². The highest BCUT2D eigenvalue weighted by Crippen LogP contribution is 2.27. The number of aromatic nitrogens is 3. The van der Waals surface area contributed by atoms with Crippen LogP contribution in [0.25, 0.3) is 11.0 Å². The fraction of sp³-hybridized carbons (Fsp3) is 0.133. The van der Waals surface area contributed by atoms with E-state index in [1.54, 1.807) is 18.3 Å². The molecular weight excluding hydrogens is 286 g/mol. The van der Waals surface area contributed by atoms with Gasteiger partial charge in [-0.3, -0.25) is 4.79 Å². The van der Waals surface area contributed by atoms with Crippen LogP contribution in [0, 0.1) is 0 Å². The second-order valence-corrected chi connectivity index (χ2v) is 5.31. The Bertz CT molecular complexity index is 768. The third-order valence-corrected chi connectivity index (χ3v) is 3.68. The van der Waals surface area contributed by atoms with E-state index in [9.17, 15) is 4.79 Å². The Kier molecular flexibility index (Phi) is 3.87. The number of nitrogens with zero attached hydrogens (tertiary/aromatic N) is 2. The highest BCUT2D eigenvalue weighted by molar-refractivity contribution is 7.99. The highest BCUT2D eigenvalue weighted by atomic mass is 32.2. The molecule has 0 aliphatic rings. The summed E-state index contributed by atoms with van der Waals surface area (Å²) in [6.07, 6.45) is 2.32. The maximum absolute atomic E-state index is 10.6. The van der Waals surface area contributed by atoms with Gasteiger partial charge in [0.05, 0.1) is 17.6 Å². The van der Waals surface area contributed by atoms with Crippen LogP contribution in [0.4, 0.5) is 0 Å². The Morgan fingerprint density at radius 1 is 1.33 bits per heavy atom. The predicted octanol–water partition coefficient (Wildman–Crippen LogP) is 3.32. The Hall–Kier alpha value is -2.34. The zero-order valence-corrected chi connectivity index (χ0v) is 12.2. The zero-order chi connectivity index (χ0) is 14.7. The molecule has 0 unspecified atom stereocenters. The smallest absolute Gasteiger partial charge is 0.172 e. The SMILES string of the molecule is CCOc1ccc2nc(Sc3ccc(C=O)cn3)[nH]c2c1. The van der Waals surface area contributed by atoms with Crippen LogP contribution in [0.2, 0.25) is 0 Å². The lowest BCUT2D eigenvalue weighted by molar-refractivity contribution is 0.112. The number of nitrogens with one attached hydrogen (secondary N) is 1. The van der Waals surface area contributed by atoms with Gasteiger partial charge in [-0.2, -0.15) is 0 Å². The van der Waals surface area contributed by atoms with Crippen LogP contribution in [0.5, 0.6) is 5.75 Å². The Labute approximate surface area is 125 Å². The molecule has 0 aliphatic carbocycles. The molecule has 0 saturated carbocycles. The number of benzene rings is 1. The second-order valence-electron chi connectivity index (χ2n) is 4.30. The van der Waals surface area contributed by atoms with Gasteiger partial charge < -0.3 is 9.72 Å². The predicted molar refractivity (Wildman–Crippen MR) is 81.0 cm³/mol. The van der Waals surface area contributed by atoms with Gasteiger partial charge in [0, 0.05) is 17.8 Å². The number of ether oxygens (including phenoxy) is 1. The summed E-state index contributed by atoms with van der Waals surface area (Å²) in [4.78, 5) is 22.5. The average Bonchev–Trinajstić information content (AvgIpc) is 2.90. The van der Waals surface area contributed by atoms with Crippen LogP contribution in [-0.2, 0) is 0 Å². The van der Waals surface area contributed by atoms with Gasteiger partial charge in [-0.05, 0) is 43.0 Å². The van der Waals surface area contributed by atoms with Crippen molar-refractivity contribution in [2.75, 3.05) is 6.61 Å². The number of hydrogen-bond acceptors (Lipinski definition) is 5. The molecule has 0 saturated heterocycles. The molecular formula is C15H13N3O2S. The van der Waals surface area contributed by atoms with Crippen molar-refractivity contribution in [3.63, 3.8) is 0 Å². The van der Waals surface area contributed by atoms with E-state index in [1.807, 2.05) is 25.1 Å². The summed E-state index contributed by atoms with van der Waals surface area (Å²) < 4.78 is 5.47. The summed E-state index contributed by atoms with van der Waals surface area (Å²) in [7, 11) is 0. The maximum atomic E-state index is 10.6. The first kappa shape index (κ1) is 13.6. The highest BCUT2D eigenvalue weighted by Gasteiger charge is 2.07. The first-order valence-corrected chi connectivity index (χ1v) is 7.32. The summed E-state index contributed by atoms with van der Waals surface area (Å²) >= 11 is 1.42. The van der Waals surface area contributed by atoms with E-state index >= 15 is 0 Å². The third kappa shape index (κ3) is 3.05. The average molecular weight is 299 g/mol. The lowest BCUT2D eigenvalue weighted by atomic mass is 10.3. The first-order chi connectivity index (χ1) is 10.3. The summed E-state index contributed by atoms with van der Waals surface area (Å²) in [5, 5.41) is 1.54. The Morgan fingerprint density at radius 3 is 2.95 bits per heavy atom. The molecule has 0 radical (unpaired) electrons. The van der Waals surface area contributed by atoms with E-state index in [0.29, 0.717) is 12.2 Å². The number of H-pyrrole nitrogens is 1. The van der Waals surface area contributed by atoms with E-state index in [4.69, 9.17) is 4.74 Å². The van der Waals surface area contributed by atoms with Gasteiger partial charge in [0.1, 0.15) is 10.8 Å². The minimum atomic E-state index is 0.560. The van der Waals surface area contributed by atoms with Gasteiger partial charge in [0.25, 0.3) is 0 Å². The van der Waals surface area contributed by atoms with Gasteiger partial charge in [0.2, 0.25) is 0 Å². The van der Waals surface area contributed by atoms with Crippen LogP contribution >= 0.6 is 11.8 Å². The Balaban J connectivity index is 1.84. The molecule has 0 spiro atoms. The molecule has 0 aliphatic heterocycles. The number of carbonyl (C=O) groups excluding carboxylic acids is 1. The minimum absolute atomic E-state index is 0.560. The van der Waals surface area contributed by atoms with Crippen molar-refractivity contribution < 1.29 is 9.53 Å². The maximum Gasteiger partial charge on any atom is 0.172 e. The standard InChI is InChI=1S/C15H13N3O2S/c1-2-20-11-4-5-12-13(7-11)18-15(17-12)21-14-6-3-10(9-19)8-16-14/h3-9H,2H2,1H3,(H,17,18). The van der Waals surface area contributed by atoms with Crippen LogP contribution in [0.3, 0.4) is 0 Å². The molecule has 3 aromatic rings. The molecule has 6 heteroatoms. The number of aromatic amines is 1. The van der Waals surface area contributed by atoms with Gasteiger partial charge in [0.15, 0.2) is 11.4 Å². The fourth-order valence-electron chi connectivity index (χ4n) is 1.89. The van der Waals surface area contributed by atoms with Crippen LogP contribution < -0.4 is 4.74 Å². The van der Waals surface area contributed by atoms with E-state index < -0.39 is 0 Å². The molecule has 0 amide bonds. The molecule has 0 atom stereocenters. The van der Waals surface area contributed by atoms with Crippen LogP contribution in [0.15, 0.2) is 46.7 Å². The van der Waals surface area contributed by atoms with Crippen molar-refractivity contribution in [2.45, 2.75) is 17.1 Å². The second kappa shape index (κ2) is 5.97. The molecule has 1 N–H and O–H groups in total. The molecule has 21 heavy (non-hydrogen) atoms. The number of fused-ring (bicyclic) bond motifs is 1. The topological polar surface area (TPSA) is 67.9 Å². The van der Waals surface area contributed by atoms with Gasteiger partial charge in [-0.1, -0.05) is 0 Å². The zero-order valence-electron chi connectivity index (χ0n) is 11.4. The number of carbonyl (C=O) groups is 1. The van der Waals surface area contributed by atoms with Crippen molar-refractivity contribution in [3.05, 3.63) is 42.1 Å². The van der Waals surface area contributed by atoms with Crippen molar-refractivity contribution in [1.29, 1.82) is 0 Å². The lowest BCUT2D eigenvalue weighted by Crippen LogP contribution is -1.90. The molecule has 1 aromatic carbocycles. The Morgan fingerprint density at radius 2 is 2.24 bits per heavy atom. The van der Waals surface area contributed by atoms with Gasteiger partial charge in [-0.15, -0.1) is 0 Å². The van der Waals surface area contributed by atoms with Gasteiger partial charge >= 0.3 is 0 Å². The minimum Gasteiger partial charge on any atom is -0.494 e. The van der Waals surface area contributed by atoms with E-state index in [2.05, 4.69) is 15.0 Å². The van der Waals surface area contributed by atoms with E-state index in [0.717, 1.165) is 33.3 Å². The number of rotatable bonds is 5. The number of hydrogen-bond donors (Lipinski definition) is 1. The molecule has 3 rings (SSSR count). The van der Waals surface area contributed by atoms with Crippen molar-refractivity contribution in [3.8, 4) is 5.75 Å². The first-order valence-electron chi connectivity index (χ1n) is 6.50. The molecule has 2 heterocycles. The largest absolute Gasteiger partial charge is 0.494 e. The third-order valence-electron chi connectivity index (χ3n) is 2.84. The summed E-state index contributed by atoms with van der Waals surface area (Å²) in [6, 6.07) is 9.28. The monoisotopic (exact) mass is 299 g/mol. The quantitative estimate of drug-likeness (QED) is 0.732. The van der Waals surface area contributed by atoms with Gasteiger partial charge in [-0.25, -0.2) is 9.97 Å². The van der Waals surface area contributed by atoms with E-state index in [-0.39, 0.29) is 0 Å². The molecule has 0 fully saturated rings. The summed E-state index contributed by atoms with van der Waals surface area (Å²) in [5.74, 6) is 0.818. The van der Waals surface area contributed by atoms with E-state index in [1.165, 1.54) is 11.8 Å². The molecule has 5 nitrogen and oxygen atoms in total. The number of pyridine rings is 1. The number of imidazole rings is 1. The van der Waals surface area contributed by atoms with Crippen LogP contribution in [0.1, 0.15) is 17.3 Å². The van der Waals surface area contributed by atoms with Crippen molar-refractivity contribution >= 4 is 29.1 Å². The number of aldehydes is 1. The summed E-state index contributed by atoms with van der Waals surface area (Å²) in [5.41, 5.74) is 2.36. The van der Waals surface area contributed by atoms with Crippen molar-refractivity contribution in [1.82, 2.24) is 15.0 Å². The molecule has 106 valence electrons. The summed E-state index contributed by atoms with van der Waals surface area (Å²) in [6.45, 7) is 2.58. The molecule has 0 bridgehead atoms. The van der Waals surface area contributed by atoms with Crippen LogP contribution in [-0.4, -0.2) is 27.8 Å². The molecule has 2 aromatic heterocycles. The fourth-order valence-corrected chi connectivity index (χ4v) is 2.64.